The molecule has 0 spiro atoms. The van der Waals surface area contributed by atoms with Crippen molar-refractivity contribution in [2.24, 2.45) is 5.10 Å². The summed E-state index contributed by atoms with van der Waals surface area (Å²) in [5.41, 5.74) is 5.27. The first-order valence-electron chi connectivity index (χ1n) is 10.8. The second-order valence-corrected chi connectivity index (χ2v) is 8.24. The van der Waals surface area contributed by atoms with Crippen LogP contribution in [0.2, 0.25) is 0 Å². The van der Waals surface area contributed by atoms with Gasteiger partial charge < -0.3 is 4.74 Å². The van der Waals surface area contributed by atoms with Gasteiger partial charge in [-0.3, -0.25) is 4.79 Å². The average Bonchev–Trinajstić information content (AvgIpc) is 2.89. The maximum Gasteiger partial charge on any atom is 0.277 e. The molecule has 0 aliphatic rings. The van der Waals surface area contributed by atoms with Crippen molar-refractivity contribution in [3.8, 4) is 5.75 Å². The minimum Gasteiger partial charge on any atom is -0.483 e. The molecule has 4 aromatic carbocycles. The summed E-state index contributed by atoms with van der Waals surface area (Å²) < 4.78 is 6.55. The number of carbonyl (C=O) groups excluding carboxylic acids is 1. The number of rotatable bonds is 8. The zero-order chi connectivity index (χ0) is 23.6. The Bertz CT molecular complexity index is 1300. The number of hydrogen-bond donors (Lipinski definition) is 1. The fourth-order valence-electron chi connectivity index (χ4n) is 3.25. The topological polar surface area (TPSA) is 50.7 Å². The Morgan fingerprint density at radius 1 is 0.794 bits per heavy atom. The molecular weight excluding hydrogens is 488 g/mol. The lowest BCUT2D eigenvalue weighted by Crippen LogP contribution is -2.25. The van der Waals surface area contributed by atoms with Crippen LogP contribution in [0.1, 0.15) is 11.1 Å². The largest absolute Gasteiger partial charge is 0.483 e. The van der Waals surface area contributed by atoms with E-state index in [1.807, 2.05) is 121 Å². The number of benzene rings is 4. The molecule has 4 aromatic rings. The Morgan fingerprint density at radius 2 is 1.38 bits per heavy atom. The van der Waals surface area contributed by atoms with Gasteiger partial charge in [-0.25, -0.2) is 5.43 Å². The fraction of sp³-hybridized carbons (Fsp3) is 0.0345. The molecule has 0 fully saturated rings. The smallest absolute Gasteiger partial charge is 0.277 e. The van der Waals surface area contributed by atoms with Gasteiger partial charge in [0.15, 0.2) is 6.61 Å². The van der Waals surface area contributed by atoms with Crippen molar-refractivity contribution in [3.63, 3.8) is 0 Å². The number of hydrogen-bond acceptors (Lipinski definition) is 3. The van der Waals surface area contributed by atoms with Gasteiger partial charge in [-0.05, 0) is 56.0 Å². The number of fused-ring (bicyclic) bond motifs is 1. The predicted molar refractivity (Wildman–Crippen MR) is 144 cm³/mol. The van der Waals surface area contributed by atoms with Crippen molar-refractivity contribution in [3.05, 3.63) is 125 Å². The predicted octanol–water partition coefficient (Wildman–Crippen LogP) is 6.88. The van der Waals surface area contributed by atoms with Crippen molar-refractivity contribution >= 4 is 50.5 Å². The lowest BCUT2D eigenvalue weighted by atomic mass is 10.1. The molecule has 0 aromatic heterocycles. The summed E-state index contributed by atoms with van der Waals surface area (Å²) in [7, 11) is 0. The van der Waals surface area contributed by atoms with Crippen molar-refractivity contribution in [2.75, 3.05) is 6.61 Å². The van der Waals surface area contributed by atoms with Crippen LogP contribution in [-0.4, -0.2) is 18.2 Å². The maximum absolute atomic E-state index is 12.4. The van der Waals surface area contributed by atoms with Crippen LogP contribution in [0, 0.1) is 0 Å². The van der Waals surface area contributed by atoms with Gasteiger partial charge in [0.2, 0.25) is 0 Å². The second-order valence-electron chi connectivity index (χ2n) is 7.45. The molecule has 0 heterocycles. The Kier molecular flexibility index (Phi) is 8.04. The van der Waals surface area contributed by atoms with Crippen LogP contribution < -0.4 is 10.2 Å². The number of nitrogens with zero attached hydrogens (tertiary/aromatic N) is 1. The molecule has 34 heavy (non-hydrogen) atoms. The van der Waals surface area contributed by atoms with Crippen LogP contribution in [0.3, 0.4) is 0 Å². The molecule has 0 aliphatic heterocycles. The molecule has 4 rings (SSSR count). The van der Waals surface area contributed by atoms with Gasteiger partial charge in [0.05, 0.1) is 10.2 Å². The molecule has 0 unspecified atom stereocenters. The van der Waals surface area contributed by atoms with Gasteiger partial charge in [-0.15, -0.1) is 0 Å². The van der Waals surface area contributed by atoms with E-state index in [1.165, 1.54) is 0 Å². The zero-order valence-electron chi connectivity index (χ0n) is 18.4. The number of nitrogens with one attached hydrogen (secondary N) is 1. The molecule has 0 bridgehead atoms. The second kappa shape index (κ2) is 11.8. The fourth-order valence-corrected chi connectivity index (χ4v) is 3.86. The quantitative estimate of drug-likeness (QED) is 0.207. The van der Waals surface area contributed by atoms with E-state index in [0.29, 0.717) is 11.5 Å². The molecule has 0 saturated heterocycles. The van der Waals surface area contributed by atoms with E-state index in [-0.39, 0.29) is 12.5 Å². The van der Waals surface area contributed by atoms with E-state index in [1.54, 1.807) is 0 Å². The van der Waals surface area contributed by atoms with Crippen LogP contribution in [0.4, 0.5) is 0 Å². The van der Waals surface area contributed by atoms with E-state index in [2.05, 4.69) is 26.5 Å². The molecular formula is C29H23BrN2O2. The molecule has 5 heteroatoms. The number of halogens is 1. The van der Waals surface area contributed by atoms with Crippen LogP contribution >= 0.6 is 15.9 Å². The molecule has 4 nitrogen and oxygen atoms in total. The van der Waals surface area contributed by atoms with Crippen molar-refractivity contribution in [2.45, 2.75) is 0 Å². The summed E-state index contributed by atoms with van der Waals surface area (Å²) >= 11 is 3.58. The van der Waals surface area contributed by atoms with E-state index in [0.717, 1.165) is 26.4 Å². The van der Waals surface area contributed by atoms with E-state index < -0.39 is 0 Å². The molecule has 0 atom stereocenters. The minimum atomic E-state index is -0.348. The monoisotopic (exact) mass is 510 g/mol. The summed E-state index contributed by atoms with van der Waals surface area (Å²) in [5, 5.41) is 6.41. The third-order valence-electron chi connectivity index (χ3n) is 4.99. The van der Waals surface area contributed by atoms with E-state index in [4.69, 9.17) is 4.74 Å². The normalized spacial score (nSPS) is 11.9. The highest BCUT2D eigenvalue weighted by Gasteiger charge is 2.08. The van der Waals surface area contributed by atoms with E-state index in [9.17, 15) is 4.79 Å². The summed E-state index contributed by atoms with van der Waals surface area (Å²) in [5.74, 6) is 0.254. The van der Waals surface area contributed by atoms with Crippen LogP contribution in [-0.2, 0) is 4.79 Å². The highest BCUT2D eigenvalue weighted by Crippen LogP contribution is 2.32. The average molecular weight is 511 g/mol. The first-order valence-corrected chi connectivity index (χ1v) is 11.6. The molecule has 168 valence electrons. The summed E-state index contributed by atoms with van der Waals surface area (Å²) in [6, 6.07) is 31.6. The highest BCUT2D eigenvalue weighted by atomic mass is 79.9. The van der Waals surface area contributed by atoms with Gasteiger partial charge >= 0.3 is 0 Å². The van der Waals surface area contributed by atoms with Crippen molar-refractivity contribution in [1.29, 1.82) is 0 Å². The molecule has 0 saturated carbocycles. The lowest BCUT2D eigenvalue weighted by molar-refractivity contribution is -0.123. The third kappa shape index (κ3) is 6.53. The number of allylic oxidation sites excluding steroid dienone is 2. The van der Waals surface area contributed by atoms with Crippen molar-refractivity contribution < 1.29 is 9.53 Å². The highest BCUT2D eigenvalue weighted by molar-refractivity contribution is 9.10. The number of ether oxygens (including phenoxy) is 1. The summed E-state index contributed by atoms with van der Waals surface area (Å²) in [6.45, 7) is -0.154. The Hall–Kier alpha value is -3.96. The first kappa shape index (κ1) is 23.2. The maximum atomic E-state index is 12.4. The Labute approximate surface area is 207 Å². The number of amides is 1. The van der Waals surface area contributed by atoms with E-state index >= 15 is 0 Å². The van der Waals surface area contributed by atoms with Gasteiger partial charge in [-0.1, -0.05) is 103 Å². The SMILES string of the molecule is O=C(COc1ccc2ccccc2c1Br)NN=C(/C=C\c1ccccc1)/C=C/c1ccccc1. The van der Waals surface area contributed by atoms with Crippen LogP contribution in [0.25, 0.3) is 22.9 Å². The zero-order valence-corrected chi connectivity index (χ0v) is 20.0. The lowest BCUT2D eigenvalue weighted by Gasteiger charge is -2.09. The number of hydrazone groups is 1. The van der Waals surface area contributed by atoms with Crippen molar-refractivity contribution in [1.82, 2.24) is 5.43 Å². The molecule has 1 N–H and O–H groups in total. The van der Waals surface area contributed by atoms with Gasteiger partial charge in [0.25, 0.3) is 5.91 Å². The van der Waals surface area contributed by atoms with Crippen LogP contribution in [0.15, 0.2) is 119 Å². The molecule has 1 amide bonds. The third-order valence-corrected chi connectivity index (χ3v) is 5.81. The number of carbonyl (C=O) groups is 1. The molecule has 0 aliphatic carbocycles. The summed E-state index contributed by atoms with van der Waals surface area (Å²) in [4.78, 5) is 12.4. The van der Waals surface area contributed by atoms with Gasteiger partial charge in [0, 0.05) is 0 Å². The molecule has 0 radical (unpaired) electrons. The van der Waals surface area contributed by atoms with Crippen LogP contribution in [0.5, 0.6) is 5.75 Å². The standard InChI is InChI=1S/C29H23BrN2O2/c30-29-26-14-8-7-13-24(26)17-20-27(29)34-21-28(33)32-31-25(18-15-22-9-3-1-4-10-22)19-16-23-11-5-2-6-12-23/h1-20H,21H2,(H,32,33)/b18-15-,19-16+,31-25?. The summed E-state index contributed by atoms with van der Waals surface area (Å²) in [6.07, 6.45) is 7.61. The Balaban J connectivity index is 1.44. The van der Waals surface area contributed by atoms with Gasteiger partial charge in [-0.2, -0.15) is 5.10 Å². The minimum absolute atomic E-state index is 0.154. The Morgan fingerprint density at radius 3 is 2.03 bits per heavy atom. The van der Waals surface area contributed by atoms with Gasteiger partial charge in [0.1, 0.15) is 5.75 Å². The first-order chi connectivity index (χ1) is 16.7.